The molecule has 2 rings (SSSR count). The Morgan fingerprint density at radius 1 is 1.35 bits per heavy atom. The van der Waals surface area contributed by atoms with Crippen molar-refractivity contribution in [2.75, 3.05) is 20.8 Å². The predicted octanol–water partition coefficient (Wildman–Crippen LogP) is 3.14. The van der Waals surface area contributed by atoms with Gasteiger partial charge < -0.3 is 14.2 Å². The Morgan fingerprint density at radius 3 is 2.57 bits per heavy atom. The summed E-state index contributed by atoms with van der Waals surface area (Å²) in [6, 6.07) is 3.36. The minimum atomic E-state index is -0.905. The number of hydrogen-bond donors (Lipinski definition) is 0. The molecule has 1 aliphatic heterocycles. The number of carbonyl (C=O) groups is 1. The van der Waals surface area contributed by atoms with Gasteiger partial charge in [-0.05, 0) is 38.8 Å². The van der Waals surface area contributed by atoms with Crippen LogP contribution in [0.15, 0.2) is 24.5 Å². The lowest BCUT2D eigenvalue weighted by molar-refractivity contribution is -0.259. The molecule has 0 N–H and O–H groups in total. The molecule has 0 saturated carbocycles. The van der Waals surface area contributed by atoms with Crippen LogP contribution in [-0.4, -0.2) is 48.1 Å². The van der Waals surface area contributed by atoms with E-state index in [4.69, 9.17) is 14.2 Å². The summed E-state index contributed by atoms with van der Waals surface area (Å²) >= 11 is 0. The minimum Gasteiger partial charge on any atom is -0.444 e. The molecule has 1 saturated heterocycles. The molecule has 0 aliphatic carbocycles. The number of likely N-dealkylation sites (tertiary alicyclic amines) is 1. The van der Waals surface area contributed by atoms with Crippen LogP contribution in [0.1, 0.15) is 45.2 Å². The van der Waals surface area contributed by atoms with E-state index in [0.717, 1.165) is 12.0 Å². The van der Waals surface area contributed by atoms with Crippen molar-refractivity contribution in [3.8, 4) is 0 Å². The van der Waals surface area contributed by atoms with Crippen LogP contribution < -0.4 is 0 Å². The smallest absolute Gasteiger partial charge is 0.410 e. The Morgan fingerprint density at radius 2 is 2.04 bits per heavy atom. The molecule has 0 spiro atoms. The van der Waals surface area contributed by atoms with Gasteiger partial charge in [0, 0.05) is 39.6 Å². The molecular formula is C17H26N2O4. The lowest BCUT2D eigenvalue weighted by atomic mass is 9.90. The van der Waals surface area contributed by atoms with Crippen LogP contribution in [0.5, 0.6) is 0 Å². The van der Waals surface area contributed by atoms with Gasteiger partial charge >= 0.3 is 6.09 Å². The molecule has 0 radical (unpaired) electrons. The van der Waals surface area contributed by atoms with Gasteiger partial charge in [0.25, 0.3) is 0 Å². The maximum Gasteiger partial charge on any atom is 0.410 e. The summed E-state index contributed by atoms with van der Waals surface area (Å²) < 4.78 is 17.0. The highest BCUT2D eigenvalue weighted by molar-refractivity contribution is 5.69. The number of rotatable bonds is 3. The molecule has 1 aliphatic rings. The molecule has 1 aromatic rings. The largest absolute Gasteiger partial charge is 0.444 e. The number of methoxy groups -OCH3 is 2. The summed E-state index contributed by atoms with van der Waals surface area (Å²) in [7, 11) is 3.21. The van der Waals surface area contributed by atoms with Crippen LogP contribution in [-0.2, 0) is 14.2 Å². The quantitative estimate of drug-likeness (QED) is 0.800. The van der Waals surface area contributed by atoms with Crippen molar-refractivity contribution in [2.24, 2.45) is 0 Å². The van der Waals surface area contributed by atoms with Crippen molar-refractivity contribution < 1.29 is 19.0 Å². The zero-order valence-electron chi connectivity index (χ0n) is 14.5. The molecule has 6 heteroatoms. The monoisotopic (exact) mass is 322 g/mol. The number of pyridine rings is 1. The first-order valence-electron chi connectivity index (χ1n) is 7.83. The molecule has 0 bridgehead atoms. The molecule has 1 aromatic heterocycles. The highest BCUT2D eigenvalue weighted by Crippen LogP contribution is 2.42. The van der Waals surface area contributed by atoms with E-state index >= 15 is 0 Å². The van der Waals surface area contributed by atoms with Gasteiger partial charge in [-0.1, -0.05) is 6.07 Å². The zero-order valence-corrected chi connectivity index (χ0v) is 14.5. The van der Waals surface area contributed by atoms with Gasteiger partial charge in [-0.25, -0.2) is 4.79 Å². The third kappa shape index (κ3) is 3.82. The Kier molecular flexibility index (Phi) is 5.26. The van der Waals surface area contributed by atoms with E-state index in [1.54, 1.807) is 31.5 Å². The first-order chi connectivity index (χ1) is 10.8. The second-order valence-electron chi connectivity index (χ2n) is 6.69. The first kappa shape index (κ1) is 17.7. The molecule has 0 aromatic carbocycles. The Labute approximate surface area is 137 Å². The topological polar surface area (TPSA) is 60.9 Å². The fraction of sp³-hybridized carbons (Fsp3) is 0.647. The highest BCUT2D eigenvalue weighted by atomic mass is 16.7. The van der Waals surface area contributed by atoms with Crippen molar-refractivity contribution >= 4 is 6.09 Å². The number of amides is 1. The van der Waals surface area contributed by atoms with E-state index in [1.807, 2.05) is 32.9 Å². The number of aromatic nitrogens is 1. The number of piperidine rings is 1. The molecule has 128 valence electrons. The van der Waals surface area contributed by atoms with Gasteiger partial charge in [-0.15, -0.1) is 0 Å². The summed E-state index contributed by atoms with van der Waals surface area (Å²) in [5.74, 6) is -0.905. The molecule has 1 atom stereocenters. The highest BCUT2D eigenvalue weighted by Gasteiger charge is 2.49. The molecular weight excluding hydrogens is 296 g/mol. The standard InChI is InChI=1S/C17H26N2O4/c1-16(2,3)23-15(20)19-11-7-9-17(21-4,22-5)14(19)13-8-6-10-18-12-13/h6,8,10,12,14H,7,9,11H2,1-5H3. The van der Waals surface area contributed by atoms with Crippen molar-refractivity contribution in [3.63, 3.8) is 0 Å². The van der Waals surface area contributed by atoms with Crippen molar-refractivity contribution in [3.05, 3.63) is 30.1 Å². The molecule has 23 heavy (non-hydrogen) atoms. The van der Waals surface area contributed by atoms with Crippen LogP contribution in [0.4, 0.5) is 4.79 Å². The van der Waals surface area contributed by atoms with Gasteiger partial charge in [0.1, 0.15) is 11.6 Å². The van der Waals surface area contributed by atoms with Crippen molar-refractivity contribution in [1.82, 2.24) is 9.88 Å². The number of hydrogen-bond acceptors (Lipinski definition) is 5. The molecule has 2 heterocycles. The first-order valence-corrected chi connectivity index (χ1v) is 7.83. The van der Waals surface area contributed by atoms with Gasteiger partial charge in [0.2, 0.25) is 0 Å². The summed E-state index contributed by atoms with van der Waals surface area (Å²) in [5.41, 5.74) is 0.304. The third-order valence-corrected chi connectivity index (χ3v) is 3.97. The zero-order chi connectivity index (χ0) is 17.1. The summed E-state index contributed by atoms with van der Waals surface area (Å²) in [5, 5.41) is 0. The van der Waals surface area contributed by atoms with Gasteiger partial charge in [0.15, 0.2) is 5.79 Å². The number of ether oxygens (including phenoxy) is 3. The predicted molar refractivity (Wildman–Crippen MR) is 85.9 cm³/mol. The van der Waals surface area contributed by atoms with Crippen LogP contribution in [0, 0.1) is 0 Å². The summed E-state index contributed by atoms with van der Waals surface area (Å²) in [6.45, 7) is 6.15. The van der Waals surface area contributed by atoms with E-state index in [-0.39, 0.29) is 6.09 Å². The SMILES string of the molecule is COC1(OC)CCCN(C(=O)OC(C)(C)C)C1c1cccnc1. The maximum absolute atomic E-state index is 12.7. The molecule has 1 fully saturated rings. The summed E-state index contributed by atoms with van der Waals surface area (Å²) in [4.78, 5) is 18.5. The molecule has 6 nitrogen and oxygen atoms in total. The van der Waals surface area contributed by atoms with E-state index in [9.17, 15) is 4.79 Å². The normalized spacial score (nSPS) is 21.1. The minimum absolute atomic E-state index is 0.371. The van der Waals surface area contributed by atoms with Gasteiger partial charge in [-0.3, -0.25) is 9.88 Å². The average Bonchev–Trinajstić information content (AvgIpc) is 2.53. The Hall–Kier alpha value is -1.66. The van der Waals surface area contributed by atoms with Crippen molar-refractivity contribution in [2.45, 2.75) is 51.0 Å². The molecule has 1 unspecified atom stereocenters. The van der Waals surface area contributed by atoms with E-state index in [2.05, 4.69) is 4.98 Å². The molecule has 1 amide bonds. The van der Waals surface area contributed by atoms with Crippen LogP contribution >= 0.6 is 0 Å². The second kappa shape index (κ2) is 6.84. The van der Waals surface area contributed by atoms with Crippen LogP contribution in [0.3, 0.4) is 0 Å². The van der Waals surface area contributed by atoms with E-state index < -0.39 is 17.4 Å². The van der Waals surface area contributed by atoms with Crippen LogP contribution in [0.2, 0.25) is 0 Å². The Balaban J connectivity index is 2.41. The maximum atomic E-state index is 12.7. The number of carbonyl (C=O) groups excluding carboxylic acids is 1. The fourth-order valence-electron chi connectivity index (χ4n) is 3.00. The van der Waals surface area contributed by atoms with Gasteiger partial charge in [-0.2, -0.15) is 0 Å². The summed E-state index contributed by atoms with van der Waals surface area (Å²) in [6.07, 6.45) is 4.53. The lowest BCUT2D eigenvalue weighted by Crippen LogP contribution is -2.55. The fourth-order valence-corrected chi connectivity index (χ4v) is 3.00. The second-order valence-corrected chi connectivity index (χ2v) is 6.69. The van der Waals surface area contributed by atoms with E-state index in [0.29, 0.717) is 13.0 Å². The number of nitrogens with zero attached hydrogens (tertiary/aromatic N) is 2. The lowest BCUT2D eigenvalue weighted by Gasteiger charge is -2.47. The van der Waals surface area contributed by atoms with Gasteiger partial charge in [0.05, 0.1) is 0 Å². The Bertz CT molecular complexity index is 523. The third-order valence-electron chi connectivity index (χ3n) is 3.97. The average molecular weight is 322 g/mol. The van der Waals surface area contributed by atoms with E-state index in [1.165, 1.54) is 0 Å². The van der Waals surface area contributed by atoms with Crippen LogP contribution in [0.25, 0.3) is 0 Å². The van der Waals surface area contributed by atoms with Crippen molar-refractivity contribution in [1.29, 1.82) is 0 Å².